The molecular formula is C17H26N6S. The second-order valence-corrected chi connectivity index (χ2v) is 6.57. The van der Waals surface area contributed by atoms with E-state index in [0.717, 1.165) is 29.9 Å². The van der Waals surface area contributed by atoms with Crippen molar-refractivity contribution in [1.29, 1.82) is 0 Å². The van der Waals surface area contributed by atoms with E-state index in [1.54, 1.807) is 0 Å². The second-order valence-electron chi connectivity index (χ2n) is 5.58. The molecule has 0 aliphatic rings. The number of nitrogens with zero attached hydrogens (tertiary/aromatic N) is 4. The summed E-state index contributed by atoms with van der Waals surface area (Å²) in [6.07, 6.45) is 2.10. The van der Waals surface area contributed by atoms with Gasteiger partial charge in [-0.2, -0.15) is 11.8 Å². The van der Waals surface area contributed by atoms with Crippen molar-refractivity contribution < 1.29 is 0 Å². The van der Waals surface area contributed by atoms with E-state index in [9.17, 15) is 0 Å². The molecule has 0 aliphatic carbocycles. The van der Waals surface area contributed by atoms with Gasteiger partial charge in [-0.05, 0) is 25.7 Å². The lowest BCUT2D eigenvalue weighted by molar-refractivity contribution is 0.682. The van der Waals surface area contributed by atoms with E-state index < -0.39 is 0 Å². The lowest BCUT2D eigenvalue weighted by Crippen LogP contribution is -2.40. The Kier molecular flexibility index (Phi) is 7.11. The monoisotopic (exact) mass is 346 g/mol. The molecule has 0 radical (unpaired) electrons. The van der Waals surface area contributed by atoms with E-state index in [-0.39, 0.29) is 6.04 Å². The van der Waals surface area contributed by atoms with Crippen molar-refractivity contribution in [3.05, 3.63) is 47.5 Å². The molecule has 1 unspecified atom stereocenters. The van der Waals surface area contributed by atoms with E-state index in [2.05, 4.69) is 51.1 Å². The van der Waals surface area contributed by atoms with E-state index in [1.807, 2.05) is 48.5 Å². The van der Waals surface area contributed by atoms with Crippen LogP contribution in [0.4, 0.5) is 0 Å². The largest absolute Gasteiger partial charge is 0.356 e. The van der Waals surface area contributed by atoms with Gasteiger partial charge in [-0.25, -0.2) is 4.99 Å². The van der Waals surface area contributed by atoms with Crippen LogP contribution in [0.3, 0.4) is 0 Å². The minimum Gasteiger partial charge on any atom is -0.356 e. The predicted octanol–water partition coefficient (Wildman–Crippen LogP) is 2.28. The molecule has 1 aromatic heterocycles. The second kappa shape index (κ2) is 9.32. The summed E-state index contributed by atoms with van der Waals surface area (Å²) in [5, 5.41) is 15.1. The van der Waals surface area contributed by atoms with E-state index >= 15 is 0 Å². The average Bonchev–Trinajstić information content (AvgIpc) is 2.92. The predicted molar refractivity (Wildman–Crippen MR) is 101 cm³/mol. The molecule has 0 amide bonds. The number of rotatable bonds is 7. The summed E-state index contributed by atoms with van der Waals surface area (Å²) in [5.74, 6) is 3.57. The highest BCUT2D eigenvalue weighted by molar-refractivity contribution is 7.98. The molecule has 0 fully saturated rings. The van der Waals surface area contributed by atoms with Gasteiger partial charge in [0.2, 0.25) is 0 Å². The summed E-state index contributed by atoms with van der Waals surface area (Å²) >= 11 is 1.81. The van der Waals surface area contributed by atoms with Crippen LogP contribution in [0, 0.1) is 6.92 Å². The van der Waals surface area contributed by atoms with Crippen LogP contribution < -0.4 is 10.6 Å². The third kappa shape index (κ3) is 5.26. The third-order valence-corrected chi connectivity index (χ3v) is 4.43. The topological polar surface area (TPSA) is 67.1 Å². The van der Waals surface area contributed by atoms with Crippen molar-refractivity contribution in [2.45, 2.75) is 26.4 Å². The van der Waals surface area contributed by atoms with E-state index in [4.69, 9.17) is 0 Å². The zero-order valence-corrected chi connectivity index (χ0v) is 15.6. The molecule has 2 rings (SSSR count). The molecule has 24 heavy (non-hydrogen) atoms. The van der Waals surface area contributed by atoms with Crippen molar-refractivity contribution in [1.82, 2.24) is 25.4 Å². The maximum atomic E-state index is 4.67. The van der Waals surface area contributed by atoms with Crippen LogP contribution in [0.2, 0.25) is 0 Å². The van der Waals surface area contributed by atoms with E-state index in [1.165, 1.54) is 5.56 Å². The van der Waals surface area contributed by atoms with Crippen LogP contribution in [0.1, 0.15) is 30.2 Å². The van der Waals surface area contributed by atoms with Gasteiger partial charge in [0, 0.05) is 19.3 Å². The fourth-order valence-electron chi connectivity index (χ4n) is 2.19. The Labute approximate surface area is 148 Å². The Morgan fingerprint density at radius 2 is 2.04 bits per heavy atom. The molecule has 0 saturated carbocycles. The van der Waals surface area contributed by atoms with Crippen molar-refractivity contribution in [3.8, 4) is 0 Å². The van der Waals surface area contributed by atoms with Crippen molar-refractivity contribution in [2.24, 2.45) is 12.0 Å². The van der Waals surface area contributed by atoms with Gasteiger partial charge in [0.1, 0.15) is 12.4 Å². The molecule has 0 bridgehead atoms. The van der Waals surface area contributed by atoms with Gasteiger partial charge in [-0.1, -0.05) is 30.3 Å². The number of nitrogens with one attached hydrogen (secondary N) is 2. The van der Waals surface area contributed by atoms with Crippen molar-refractivity contribution >= 4 is 17.7 Å². The maximum absolute atomic E-state index is 4.67. The highest BCUT2D eigenvalue weighted by atomic mass is 32.2. The van der Waals surface area contributed by atoms with Gasteiger partial charge < -0.3 is 15.2 Å². The lowest BCUT2D eigenvalue weighted by Gasteiger charge is -2.18. The molecule has 0 spiro atoms. The molecule has 130 valence electrons. The van der Waals surface area contributed by atoms with Gasteiger partial charge >= 0.3 is 0 Å². The number of thioether (sulfide) groups is 1. The van der Waals surface area contributed by atoms with Crippen LogP contribution >= 0.6 is 11.8 Å². The lowest BCUT2D eigenvalue weighted by atomic mass is 10.1. The van der Waals surface area contributed by atoms with Gasteiger partial charge in [-0.15, -0.1) is 10.2 Å². The number of guanidine groups is 1. The molecular weight excluding hydrogens is 320 g/mol. The zero-order valence-electron chi connectivity index (χ0n) is 14.8. The van der Waals surface area contributed by atoms with Crippen LogP contribution in [0.15, 0.2) is 35.3 Å². The van der Waals surface area contributed by atoms with Gasteiger partial charge in [0.05, 0.1) is 6.04 Å². The SMILES string of the molecule is CSCCNC(=NCc1nnc(C)n1C)NC(C)c1ccccc1. The molecule has 1 heterocycles. The zero-order chi connectivity index (χ0) is 17.4. The molecule has 6 nitrogen and oxygen atoms in total. The Morgan fingerprint density at radius 3 is 2.67 bits per heavy atom. The van der Waals surface area contributed by atoms with E-state index in [0.29, 0.717) is 6.54 Å². The van der Waals surface area contributed by atoms with Crippen LogP contribution in [0.25, 0.3) is 0 Å². The number of aromatic nitrogens is 3. The van der Waals surface area contributed by atoms with Gasteiger partial charge in [0.25, 0.3) is 0 Å². The highest BCUT2D eigenvalue weighted by Gasteiger charge is 2.09. The first-order chi connectivity index (χ1) is 11.6. The van der Waals surface area contributed by atoms with Crippen LogP contribution in [-0.4, -0.2) is 39.3 Å². The quantitative estimate of drug-likeness (QED) is 0.457. The van der Waals surface area contributed by atoms with Gasteiger partial charge in [-0.3, -0.25) is 0 Å². The summed E-state index contributed by atoms with van der Waals surface area (Å²) in [6.45, 7) is 5.43. The molecule has 0 saturated heterocycles. The average molecular weight is 347 g/mol. The maximum Gasteiger partial charge on any atom is 0.192 e. The smallest absolute Gasteiger partial charge is 0.192 e. The summed E-state index contributed by atoms with van der Waals surface area (Å²) in [6, 6.07) is 10.5. The Bertz CT molecular complexity index is 652. The molecule has 1 atom stereocenters. The molecule has 1 aromatic carbocycles. The molecule has 7 heteroatoms. The van der Waals surface area contributed by atoms with Crippen LogP contribution in [0.5, 0.6) is 0 Å². The molecule has 0 aliphatic heterocycles. The first-order valence-corrected chi connectivity index (χ1v) is 9.44. The normalized spacial score (nSPS) is 12.9. The summed E-state index contributed by atoms with van der Waals surface area (Å²) in [4.78, 5) is 4.67. The standard InChI is InChI=1S/C17H26N6S/c1-13(15-8-6-5-7-9-15)20-17(18-10-11-24-4)19-12-16-22-21-14(2)23(16)3/h5-9,13H,10-12H2,1-4H3,(H2,18,19,20). The van der Waals surface area contributed by atoms with Gasteiger partial charge in [0.15, 0.2) is 11.8 Å². The number of benzene rings is 1. The Hall–Kier alpha value is -2.02. The number of hydrogen-bond donors (Lipinski definition) is 2. The van der Waals surface area contributed by atoms with Crippen LogP contribution in [-0.2, 0) is 13.6 Å². The van der Waals surface area contributed by atoms with Crippen molar-refractivity contribution in [3.63, 3.8) is 0 Å². The molecule has 2 aromatic rings. The Balaban J connectivity index is 2.05. The number of aliphatic imine (C=N–C) groups is 1. The molecule has 2 N–H and O–H groups in total. The van der Waals surface area contributed by atoms with Crippen molar-refractivity contribution in [2.75, 3.05) is 18.6 Å². The summed E-state index contributed by atoms with van der Waals surface area (Å²) in [5.41, 5.74) is 1.23. The third-order valence-electron chi connectivity index (χ3n) is 3.81. The first kappa shape index (κ1) is 18.3. The summed E-state index contributed by atoms with van der Waals surface area (Å²) < 4.78 is 1.96. The summed E-state index contributed by atoms with van der Waals surface area (Å²) in [7, 11) is 1.96. The highest BCUT2D eigenvalue weighted by Crippen LogP contribution is 2.11. The number of aryl methyl sites for hydroxylation is 1. The first-order valence-electron chi connectivity index (χ1n) is 8.05. The fraction of sp³-hybridized carbons (Fsp3) is 0.471. The fourth-order valence-corrected chi connectivity index (χ4v) is 2.50. The minimum absolute atomic E-state index is 0.174. The minimum atomic E-state index is 0.174. The number of hydrogen-bond acceptors (Lipinski definition) is 4. The Morgan fingerprint density at radius 1 is 1.29 bits per heavy atom.